The number of halogens is 1. The maximum Gasteiger partial charge on any atom is 0.330 e. The highest BCUT2D eigenvalue weighted by molar-refractivity contribution is 9.10. The van der Waals surface area contributed by atoms with Crippen LogP contribution in [-0.2, 0) is 9.53 Å². The third-order valence-corrected chi connectivity index (χ3v) is 2.77. The number of esters is 1. The minimum Gasteiger partial charge on any atom is -0.466 e. The lowest BCUT2D eigenvalue weighted by Gasteiger charge is -1.95. The van der Waals surface area contributed by atoms with E-state index >= 15 is 0 Å². The SMILES string of the molecule is COC(=O)/C=C/Sc1ccc(Br)cc1. The summed E-state index contributed by atoms with van der Waals surface area (Å²) < 4.78 is 5.50. The molecule has 0 unspecified atom stereocenters. The summed E-state index contributed by atoms with van der Waals surface area (Å²) >= 11 is 4.82. The fourth-order valence-corrected chi connectivity index (χ4v) is 1.64. The van der Waals surface area contributed by atoms with Gasteiger partial charge in [-0.3, -0.25) is 0 Å². The fraction of sp³-hybridized carbons (Fsp3) is 0.100. The molecule has 1 aromatic carbocycles. The third-order valence-electron chi connectivity index (χ3n) is 1.42. The van der Waals surface area contributed by atoms with Crippen molar-refractivity contribution < 1.29 is 9.53 Å². The number of hydrogen-bond donors (Lipinski definition) is 0. The van der Waals surface area contributed by atoms with Crippen molar-refractivity contribution in [3.8, 4) is 0 Å². The summed E-state index contributed by atoms with van der Waals surface area (Å²) in [6.45, 7) is 0. The van der Waals surface area contributed by atoms with Crippen molar-refractivity contribution in [3.63, 3.8) is 0 Å². The van der Waals surface area contributed by atoms with Crippen molar-refractivity contribution in [3.05, 3.63) is 40.2 Å². The average molecular weight is 273 g/mol. The van der Waals surface area contributed by atoms with Gasteiger partial charge in [-0.05, 0) is 29.7 Å². The number of methoxy groups -OCH3 is 1. The zero-order valence-corrected chi connectivity index (χ0v) is 9.97. The monoisotopic (exact) mass is 272 g/mol. The van der Waals surface area contributed by atoms with Crippen molar-refractivity contribution in [2.24, 2.45) is 0 Å². The second-order valence-corrected chi connectivity index (χ2v) is 4.29. The Hall–Kier alpha value is -0.740. The van der Waals surface area contributed by atoms with Gasteiger partial charge in [-0.2, -0.15) is 0 Å². The first-order valence-corrected chi connectivity index (χ1v) is 5.56. The van der Waals surface area contributed by atoms with E-state index in [1.165, 1.54) is 24.9 Å². The molecule has 0 amide bonds. The van der Waals surface area contributed by atoms with E-state index < -0.39 is 0 Å². The van der Waals surface area contributed by atoms with Crippen LogP contribution in [0.4, 0.5) is 0 Å². The number of thioether (sulfide) groups is 1. The standard InChI is InChI=1S/C10H9BrO2S/c1-13-10(12)6-7-14-9-4-2-8(11)3-5-9/h2-7H,1H3/b7-6+. The summed E-state index contributed by atoms with van der Waals surface area (Å²) in [5.74, 6) is -0.338. The van der Waals surface area contributed by atoms with E-state index in [4.69, 9.17) is 0 Å². The van der Waals surface area contributed by atoms with Gasteiger partial charge in [0, 0.05) is 15.4 Å². The lowest BCUT2D eigenvalue weighted by molar-refractivity contribution is -0.134. The van der Waals surface area contributed by atoms with E-state index in [0.29, 0.717) is 0 Å². The summed E-state index contributed by atoms with van der Waals surface area (Å²) in [6, 6.07) is 7.84. The molecule has 0 atom stereocenters. The van der Waals surface area contributed by atoms with Crippen molar-refractivity contribution in [2.75, 3.05) is 7.11 Å². The van der Waals surface area contributed by atoms with Crippen LogP contribution in [-0.4, -0.2) is 13.1 Å². The summed E-state index contributed by atoms with van der Waals surface area (Å²) in [6.07, 6.45) is 1.40. The molecule has 1 aromatic rings. The van der Waals surface area contributed by atoms with Gasteiger partial charge < -0.3 is 4.74 Å². The molecule has 0 aliphatic carbocycles. The van der Waals surface area contributed by atoms with Crippen LogP contribution in [0.1, 0.15) is 0 Å². The molecule has 74 valence electrons. The highest BCUT2D eigenvalue weighted by atomic mass is 79.9. The molecular weight excluding hydrogens is 264 g/mol. The van der Waals surface area contributed by atoms with Crippen LogP contribution in [0.5, 0.6) is 0 Å². The number of rotatable bonds is 3. The minimum absolute atomic E-state index is 0.338. The van der Waals surface area contributed by atoms with Crippen molar-refractivity contribution in [1.82, 2.24) is 0 Å². The first kappa shape index (κ1) is 11.3. The Bertz CT molecular complexity index is 332. The number of benzene rings is 1. The molecule has 0 fully saturated rings. The number of ether oxygens (including phenoxy) is 1. The Balaban J connectivity index is 2.49. The van der Waals surface area contributed by atoms with Gasteiger partial charge in [-0.15, -0.1) is 0 Å². The maximum atomic E-state index is 10.7. The van der Waals surface area contributed by atoms with Crippen molar-refractivity contribution >= 4 is 33.7 Å². The summed E-state index contributed by atoms with van der Waals surface area (Å²) in [5, 5.41) is 1.70. The largest absolute Gasteiger partial charge is 0.466 e. The number of carbonyl (C=O) groups excluding carboxylic acids is 1. The predicted octanol–water partition coefficient (Wildman–Crippen LogP) is 3.23. The Morgan fingerprint density at radius 2 is 2.07 bits per heavy atom. The van der Waals surface area contributed by atoms with Gasteiger partial charge in [-0.25, -0.2) is 4.79 Å². The normalized spacial score (nSPS) is 10.4. The predicted molar refractivity (Wildman–Crippen MR) is 61.2 cm³/mol. The summed E-state index contributed by atoms with van der Waals surface area (Å²) in [5.41, 5.74) is 0. The van der Waals surface area contributed by atoms with E-state index in [1.54, 1.807) is 5.41 Å². The lowest BCUT2D eigenvalue weighted by atomic mass is 10.4. The van der Waals surface area contributed by atoms with Crippen LogP contribution < -0.4 is 0 Å². The molecule has 2 nitrogen and oxygen atoms in total. The van der Waals surface area contributed by atoms with Gasteiger partial charge in [-0.1, -0.05) is 27.7 Å². The number of carbonyl (C=O) groups is 1. The van der Waals surface area contributed by atoms with Gasteiger partial charge in [0.05, 0.1) is 7.11 Å². The second kappa shape index (κ2) is 5.88. The van der Waals surface area contributed by atoms with E-state index in [2.05, 4.69) is 20.7 Å². The smallest absolute Gasteiger partial charge is 0.330 e. The summed E-state index contributed by atoms with van der Waals surface area (Å²) in [4.78, 5) is 11.8. The average Bonchev–Trinajstić information content (AvgIpc) is 2.21. The molecule has 4 heteroatoms. The zero-order valence-electron chi connectivity index (χ0n) is 7.57. The fourth-order valence-electron chi connectivity index (χ4n) is 0.749. The van der Waals surface area contributed by atoms with Crippen molar-refractivity contribution in [1.29, 1.82) is 0 Å². The van der Waals surface area contributed by atoms with Crippen LogP contribution >= 0.6 is 27.7 Å². The second-order valence-electron chi connectivity index (χ2n) is 2.40. The molecule has 14 heavy (non-hydrogen) atoms. The maximum absolute atomic E-state index is 10.7. The first-order valence-electron chi connectivity index (χ1n) is 3.89. The molecular formula is C10H9BrO2S. The van der Waals surface area contributed by atoms with Gasteiger partial charge in [0.2, 0.25) is 0 Å². The minimum atomic E-state index is -0.338. The molecule has 0 saturated heterocycles. The summed E-state index contributed by atoms with van der Waals surface area (Å²) in [7, 11) is 1.36. The van der Waals surface area contributed by atoms with Crippen LogP contribution in [0.2, 0.25) is 0 Å². The van der Waals surface area contributed by atoms with E-state index in [9.17, 15) is 4.79 Å². The Kier molecular flexibility index (Phi) is 4.76. The quantitative estimate of drug-likeness (QED) is 0.480. The van der Waals surface area contributed by atoms with Crippen LogP contribution in [0, 0.1) is 0 Å². The topological polar surface area (TPSA) is 26.3 Å². The first-order chi connectivity index (χ1) is 6.72. The molecule has 0 spiro atoms. The Morgan fingerprint density at radius 1 is 1.43 bits per heavy atom. The molecule has 1 rings (SSSR count). The van der Waals surface area contributed by atoms with Crippen LogP contribution in [0.25, 0.3) is 0 Å². The zero-order chi connectivity index (χ0) is 10.4. The Morgan fingerprint density at radius 3 is 2.64 bits per heavy atom. The van der Waals surface area contributed by atoms with Crippen LogP contribution in [0.15, 0.2) is 45.1 Å². The van der Waals surface area contributed by atoms with Crippen molar-refractivity contribution in [2.45, 2.75) is 4.90 Å². The number of hydrogen-bond acceptors (Lipinski definition) is 3. The molecule has 0 heterocycles. The van der Waals surface area contributed by atoms with E-state index in [-0.39, 0.29) is 5.97 Å². The molecule has 0 aliphatic rings. The van der Waals surface area contributed by atoms with Gasteiger partial charge >= 0.3 is 5.97 Å². The lowest BCUT2D eigenvalue weighted by Crippen LogP contribution is -1.92. The highest BCUT2D eigenvalue weighted by Gasteiger charge is 1.92. The van der Waals surface area contributed by atoms with Gasteiger partial charge in [0.1, 0.15) is 0 Å². The molecule has 0 N–H and O–H groups in total. The van der Waals surface area contributed by atoms with Gasteiger partial charge in [0.15, 0.2) is 0 Å². The molecule has 0 saturated carbocycles. The molecule has 0 aromatic heterocycles. The Labute approximate surface area is 95.5 Å². The van der Waals surface area contributed by atoms with E-state index in [0.717, 1.165) is 9.37 Å². The van der Waals surface area contributed by atoms with Crippen LogP contribution in [0.3, 0.4) is 0 Å². The molecule has 0 bridgehead atoms. The highest BCUT2D eigenvalue weighted by Crippen LogP contribution is 2.21. The van der Waals surface area contributed by atoms with Gasteiger partial charge in [0.25, 0.3) is 0 Å². The van der Waals surface area contributed by atoms with E-state index in [1.807, 2.05) is 24.3 Å². The molecule has 0 aliphatic heterocycles. The molecule has 0 radical (unpaired) electrons. The third kappa shape index (κ3) is 3.98.